The van der Waals surface area contributed by atoms with Crippen molar-refractivity contribution < 1.29 is 19.1 Å². The van der Waals surface area contributed by atoms with E-state index < -0.39 is 5.97 Å². The Morgan fingerprint density at radius 3 is 2.46 bits per heavy atom. The molecule has 0 spiro atoms. The number of ether oxygens (including phenoxy) is 2. The quantitative estimate of drug-likeness (QED) is 0.406. The summed E-state index contributed by atoms with van der Waals surface area (Å²) in [5, 5.41) is 0. The van der Waals surface area contributed by atoms with Crippen LogP contribution in [0, 0.1) is 6.92 Å². The highest BCUT2D eigenvalue weighted by molar-refractivity contribution is 8.26. The van der Waals surface area contributed by atoms with Crippen LogP contribution in [0.1, 0.15) is 16.7 Å². The lowest BCUT2D eigenvalue weighted by molar-refractivity contribution is -0.142. The molecule has 0 saturated carbocycles. The van der Waals surface area contributed by atoms with E-state index in [0.29, 0.717) is 21.5 Å². The summed E-state index contributed by atoms with van der Waals surface area (Å²) in [6, 6.07) is 15.2. The Morgan fingerprint density at radius 1 is 1.14 bits per heavy atom. The molecule has 0 bridgehead atoms. The monoisotopic (exact) mass is 413 g/mol. The molecule has 0 unspecified atom stereocenters. The number of carbonyl (C=O) groups excluding carboxylic acids is 2. The number of methoxy groups -OCH3 is 1. The van der Waals surface area contributed by atoms with Gasteiger partial charge in [0.25, 0.3) is 5.91 Å². The van der Waals surface area contributed by atoms with Crippen LogP contribution in [0.3, 0.4) is 0 Å². The molecule has 2 aromatic rings. The molecule has 0 N–H and O–H groups in total. The van der Waals surface area contributed by atoms with Crippen molar-refractivity contribution in [3.63, 3.8) is 0 Å². The average Bonchev–Trinajstić information content (AvgIpc) is 2.96. The van der Waals surface area contributed by atoms with Gasteiger partial charge in [-0.15, -0.1) is 0 Å². The number of aryl methyl sites for hydroxylation is 1. The number of benzene rings is 2. The van der Waals surface area contributed by atoms with Crippen molar-refractivity contribution in [2.24, 2.45) is 0 Å². The van der Waals surface area contributed by atoms with Gasteiger partial charge in [0.15, 0.2) is 6.61 Å². The second-order valence-corrected chi connectivity index (χ2v) is 7.86. The summed E-state index contributed by atoms with van der Waals surface area (Å²) in [5.41, 5.74) is 3.06. The second-order valence-electron chi connectivity index (χ2n) is 6.19. The van der Waals surface area contributed by atoms with Gasteiger partial charge in [-0.05, 0) is 36.3 Å². The third-order valence-electron chi connectivity index (χ3n) is 4.10. The van der Waals surface area contributed by atoms with Gasteiger partial charge in [-0.3, -0.25) is 9.69 Å². The summed E-state index contributed by atoms with van der Waals surface area (Å²) in [6.07, 6.45) is 1.80. The summed E-state index contributed by atoms with van der Waals surface area (Å²) in [5.74, 6) is 0.0115. The van der Waals surface area contributed by atoms with Gasteiger partial charge in [-0.1, -0.05) is 65.9 Å². The van der Waals surface area contributed by atoms with Crippen LogP contribution in [0.25, 0.3) is 6.08 Å². The molecular weight excluding hydrogens is 394 g/mol. The number of carbonyl (C=O) groups is 2. The first-order chi connectivity index (χ1) is 13.5. The molecule has 5 nitrogen and oxygen atoms in total. The summed E-state index contributed by atoms with van der Waals surface area (Å²) in [6.45, 7) is 2.34. The summed E-state index contributed by atoms with van der Waals surface area (Å²) in [4.78, 5) is 26.1. The first-order valence-electron chi connectivity index (χ1n) is 8.57. The molecule has 3 rings (SSSR count). The van der Waals surface area contributed by atoms with E-state index >= 15 is 0 Å². The first kappa shape index (κ1) is 20.1. The maximum atomic E-state index is 12.7. The van der Waals surface area contributed by atoms with Crippen molar-refractivity contribution in [3.05, 3.63) is 70.1 Å². The fraction of sp³-hybridized carbons (Fsp3) is 0.190. The van der Waals surface area contributed by atoms with E-state index in [2.05, 4.69) is 4.74 Å². The molecule has 28 heavy (non-hydrogen) atoms. The Morgan fingerprint density at radius 2 is 1.82 bits per heavy atom. The van der Waals surface area contributed by atoms with E-state index in [-0.39, 0.29) is 12.5 Å². The van der Waals surface area contributed by atoms with Crippen LogP contribution in [-0.2, 0) is 20.9 Å². The zero-order chi connectivity index (χ0) is 20.1. The van der Waals surface area contributed by atoms with E-state index in [1.165, 1.54) is 24.4 Å². The normalized spacial score (nSPS) is 15.2. The predicted molar refractivity (Wildman–Crippen MR) is 114 cm³/mol. The van der Waals surface area contributed by atoms with E-state index in [1.54, 1.807) is 23.1 Å². The van der Waals surface area contributed by atoms with E-state index in [9.17, 15) is 9.59 Å². The van der Waals surface area contributed by atoms with Crippen LogP contribution in [-0.4, -0.2) is 34.8 Å². The number of rotatable bonds is 6. The van der Waals surface area contributed by atoms with Crippen LogP contribution in [0.2, 0.25) is 0 Å². The van der Waals surface area contributed by atoms with Gasteiger partial charge in [0.05, 0.1) is 18.6 Å². The number of hydrogen-bond donors (Lipinski definition) is 0. The van der Waals surface area contributed by atoms with Crippen molar-refractivity contribution >= 4 is 46.3 Å². The highest BCUT2D eigenvalue weighted by Crippen LogP contribution is 2.33. The Labute approximate surface area is 173 Å². The van der Waals surface area contributed by atoms with E-state index in [1.807, 2.05) is 43.3 Å². The molecule has 7 heteroatoms. The summed E-state index contributed by atoms with van der Waals surface area (Å²) < 4.78 is 10.4. The maximum absolute atomic E-state index is 12.7. The largest absolute Gasteiger partial charge is 0.482 e. The molecule has 0 atom stereocenters. The van der Waals surface area contributed by atoms with Crippen LogP contribution < -0.4 is 4.74 Å². The van der Waals surface area contributed by atoms with Crippen LogP contribution in [0.15, 0.2) is 53.4 Å². The number of thiocarbonyl (C=S) groups is 1. The number of hydrogen-bond acceptors (Lipinski definition) is 6. The molecular formula is C21H19NO4S2. The molecule has 1 heterocycles. The van der Waals surface area contributed by atoms with Crippen LogP contribution in [0.4, 0.5) is 0 Å². The number of thioether (sulfide) groups is 1. The first-order valence-corrected chi connectivity index (χ1v) is 9.79. The fourth-order valence-corrected chi connectivity index (χ4v) is 3.78. The minimum atomic E-state index is -0.443. The van der Waals surface area contributed by atoms with Crippen molar-refractivity contribution in [2.45, 2.75) is 13.5 Å². The molecule has 0 aromatic heterocycles. The zero-order valence-electron chi connectivity index (χ0n) is 15.5. The molecule has 1 amide bonds. The molecule has 1 aliphatic heterocycles. The van der Waals surface area contributed by atoms with Crippen LogP contribution >= 0.6 is 24.0 Å². The van der Waals surface area contributed by atoms with Gasteiger partial charge >= 0.3 is 5.97 Å². The molecule has 0 aliphatic carbocycles. The zero-order valence-corrected chi connectivity index (χ0v) is 17.1. The number of amides is 1. The van der Waals surface area contributed by atoms with Crippen molar-refractivity contribution in [1.82, 2.24) is 4.90 Å². The molecule has 2 aromatic carbocycles. The lowest BCUT2D eigenvalue weighted by atomic mass is 10.1. The molecule has 1 saturated heterocycles. The number of esters is 1. The second kappa shape index (κ2) is 9.03. The Kier molecular flexibility index (Phi) is 6.49. The highest BCUT2D eigenvalue weighted by Gasteiger charge is 2.31. The van der Waals surface area contributed by atoms with Crippen molar-refractivity contribution in [3.8, 4) is 5.75 Å². The smallest absolute Gasteiger partial charge is 0.343 e. The third-order valence-corrected chi connectivity index (χ3v) is 5.47. The molecule has 144 valence electrons. The third kappa shape index (κ3) is 4.99. The summed E-state index contributed by atoms with van der Waals surface area (Å²) in [7, 11) is 1.31. The van der Waals surface area contributed by atoms with Crippen molar-refractivity contribution in [2.75, 3.05) is 13.7 Å². The minimum Gasteiger partial charge on any atom is -0.482 e. The molecule has 1 fully saturated rings. The van der Waals surface area contributed by atoms with Gasteiger partial charge in [-0.25, -0.2) is 4.79 Å². The average molecular weight is 414 g/mol. The topological polar surface area (TPSA) is 55.8 Å². The predicted octanol–water partition coefficient (Wildman–Crippen LogP) is 3.95. The molecule has 1 aliphatic rings. The van der Waals surface area contributed by atoms with Gasteiger partial charge in [0.2, 0.25) is 0 Å². The fourth-order valence-electron chi connectivity index (χ4n) is 2.53. The SMILES string of the molecule is COC(=O)COc1ccc(/C=C2\SC(=S)N(Cc3ccc(C)cc3)C2=O)cc1. The Bertz CT molecular complexity index is 920. The standard InChI is InChI=1S/C21H19NO4S2/c1-14-3-5-16(6-4-14)12-22-20(24)18(28-21(22)27)11-15-7-9-17(10-8-15)26-13-19(23)25-2/h3-11H,12-13H2,1-2H3/b18-11-. The van der Waals surface area contributed by atoms with E-state index in [0.717, 1.165) is 11.1 Å². The maximum Gasteiger partial charge on any atom is 0.343 e. The summed E-state index contributed by atoms with van der Waals surface area (Å²) >= 11 is 6.69. The minimum absolute atomic E-state index is 0.0957. The lowest BCUT2D eigenvalue weighted by Gasteiger charge is -2.14. The molecule has 0 radical (unpaired) electrons. The van der Waals surface area contributed by atoms with Crippen LogP contribution in [0.5, 0.6) is 5.75 Å². The Hall–Kier alpha value is -2.64. The highest BCUT2D eigenvalue weighted by atomic mass is 32.2. The van der Waals surface area contributed by atoms with Gasteiger partial charge in [0, 0.05) is 0 Å². The van der Waals surface area contributed by atoms with E-state index in [4.69, 9.17) is 17.0 Å². The lowest BCUT2D eigenvalue weighted by Crippen LogP contribution is -2.27. The van der Waals surface area contributed by atoms with Crippen molar-refractivity contribution in [1.29, 1.82) is 0 Å². The number of nitrogens with zero attached hydrogens (tertiary/aromatic N) is 1. The van der Waals surface area contributed by atoms with Gasteiger partial charge < -0.3 is 9.47 Å². The van der Waals surface area contributed by atoms with Gasteiger partial charge in [0.1, 0.15) is 10.1 Å². The Balaban J connectivity index is 1.67. The van der Waals surface area contributed by atoms with Gasteiger partial charge in [-0.2, -0.15) is 0 Å².